The Morgan fingerprint density at radius 1 is 0.943 bits per heavy atom. The molecule has 3 aromatic heterocycles. The fourth-order valence-electron chi connectivity index (χ4n) is 3.95. The second-order valence-corrected chi connectivity index (χ2v) is 7.80. The minimum atomic E-state index is -0.535. The second-order valence-electron chi connectivity index (χ2n) is 7.80. The zero-order valence-corrected chi connectivity index (χ0v) is 19.4. The number of hydrogen-bond acceptors (Lipinski definition) is 7. The Bertz CT molecular complexity index is 1650. The molecule has 9 nitrogen and oxygen atoms in total. The Hall–Kier alpha value is -4.66. The quantitative estimate of drug-likeness (QED) is 0.374. The lowest BCUT2D eigenvalue weighted by Crippen LogP contribution is -2.40. The molecule has 0 atom stereocenters. The maximum Gasteiger partial charge on any atom is 0.337 e. The number of rotatable bonds is 6. The molecule has 5 aromatic rings. The number of methoxy groups -OCH3 is 2. The van der Waals surface area contributed by atoms with Gasteiger partial charge in [0.25, 0.3) is 5.56 Å². The third-order valence-corrected chi connectivity index (χ3v) is 5.76. The SMILES string of the molecule is COc1ccc(-n2c(=O)n(Cc3nc(-c4ccccc4OC)oc3C)c(=O)c3cccnc32)cc1. The van der Waals surface area contributed by atoms with E-state index in [-0.39, 0.29) is 12.2 Å². The lowest BCUT2D eigenvalue weighted by atomic mass is 10.2. The van der Waals surface area contributed by atoms with Crippen molar-refractivity contribution in [2.24, 2.45) is 0 Å². The summed E-state index contributed by atoms with van der Waals surface area (Å²) in [6, 6.07) is 17.6. The van der Waals surface area contributed by atoms with Crippen LogP contribution in [0.4, 0.5) is 0 Å². The number of aryl methyl sites for hydroxylation is 1. The van der Waals surface area contributed by atoms with Gasteiger partial charge in [-0.2, -0.15) is 0 Å². The molecule has 35 heavy (non-hydrogen) atoms. The van der Waals surface area contributed by atoms with E-state index >= 15 is 0 Å². The molecule has 0 fully saturated rings. The summed E-state index contributed by atoms with van der Waals surface area (Å²) in [4.78, 5) is 35.9. The minimum absolute atomic E-state index is 0.0663. The largest absolute Gasteiger partial charge is 0.497 e. The highest BCUT2D eigenvalue weighted by atomic mass is 16.5. The summed E-state index contributed by atoms with van der Waals surface area (Å²) in [7, 11) is 3.14. The number of fused-ring (bicyclic) bond motifs is 1. The molecule has 0 aliphatic carbocycles. The zero-order valence-electron chi connectivity index (χ0n) is 19.4. The molecule has 0 unspecified atom stereocenters. The van der Waals surface area contributed by atoms with Crippen LogP contribution in [0.1, 0.15) is 11.5 Å². The van der Waals surface area contributed by atoms with Crippen molar-refractivity contribution in [1.29, 1.82) is 0 Å². The molecule has 0 N–H and O–H groups in total. The topological polar surface area (TPSA) is 101 Å². The van der Waals surface area contributed by atoms with E-state index in [4.69, 9.17) is 13.9 Å². The molecule has 3 heterocycles. The third-order valence-electron chi connectivity index (χ3n) is 5.76. The number of oxazole rings is 1. The van der Waals surface area contributed by atoms with E-state index in [9.17, 15) is 9.59 Å². The summed E-state index contributed by atoms with van der Waals surface area (Å²) in [6.07, 6.45) is 1.55. The first-order valence-corrected chi connectivity index (χ1v) is 10.9. The van der Waals surface area contributed by atoms with Crippen LogP contribution >= 0.6 is 0 Å². The van der Waals surface area contributed by atoms with Crippen molar-refractivity contribution in [3.63, 3.8) is 0 Å². The molecule has 0 aliphatic rings. The van der Waals surface area contributed by atoms with Crippen LogP contribution in [0.5, 0.6) is 11.5 Å². The fourth-order valence-corrected chi connectivity index (χ4v) is 3.95. The Balaban J connectivity index is 1.66. The number of benzene rings is 2. The maximum atomic E-state index is 13.6. The van der Waals surface area contributed by atoms with Crippen LogP contribution in [-0.4, -0.2) is 33.3 Å². The number of aromatic nitrogens is 4. The smallest absolute Gasteiger partial charge is 0.337 e. The Kier molecular flexibility index (Phi) is 5.66. The summed E-state index contributed by atoms with van der Waals surface area (Å²) >= 11 is 0. The van der Waals surface area contributed by atoms with E-state index < -0.39 is 11.2 Å². The van der Waals surface area contributed by atoms with Crippen LogP contribution in [0.2, 0.25) is 0 Å². The lowest BCUT2D eigenvalue weighted by molar-refractivity contribution is 0.414. The van der Waals surface area contributed by atoms with Crippen LogP contribution in [0.25, 0.3) is 28.2 Å². The molecule has 0 spiro atoms. The number of para-hydroxylation sites is 1. The van der Waals surface area contributed by atoms with E-state index in [0.29, 0.717) is 45.5 Å². The van der Waals surface area contributed by atoms with Crippen molar-refractivity contribution in [1.82, 2.24) is 19.1 Å². The predicted molar refractivity (Wildman–Crippen MR) is 130 cm³/mol. The van der Waals surface area contributed by atoms with E-state index in [1.165, 1.54) is 4.57 Å². The highest BCUT2D eigenvalue weighted by Gasteiger charge is 2.20. The number of ether oxygens (including phenoxy) is 2. The van der Waals surface area contributed by atoms with Crippen molar-refractivity contribution in [3.8, 4) is 28.6 Å². The second kappa shape index (κ2) is 8.94. The van der Waals surface area contributed by atoms with Gasteiger partial charge < -0.3 is 13.9 Å². The monoisotopic (exact) mass is 470 g/mol. The third kappa shape index (κ3) is 3.86. The maximum absolute atomic E-state index is 13.6. The normalized spacial score (nSPS) is 11.1. The van der Waals surface area contributed by atoms with Crippen LogP contribution in [0, 0.1) is 6.92 Å². The van der Waals surface area contributed by atoms with E-state index in [0.717, 1.165) is 4.57 Å². The molecule has 0 bridgehead atoms. The number of pyridine rings is 1. The molecule has 0 radical (unpaired) electrons. The van der Waals surface area contributed by atoms with Crippen molar-refractivity contribution in [2.75, 3.05) is 14.2 Å². The molecule has 0 saturated carbocycles. The van der Waals surface area contributed by atoms with Crippen molar-refractivity contribution in [2.45, 2.75) is 13.5 Å². The molecule has 5 rings (SSSR count). The Morgan fingerprint density at radius 3 is 2.46 bits per heavy atom. The van der Waals surface area contributed by atoms with Crippen LogP contribution in [-0.2, 0) is 6.54 Å². The van der Waals surface area contributed by atoms with E-state index in [2.05, 4.69) is 9.97 Å². The Morgan fingerprint density at radius 2 is 1.71 bits per heavy atom. The van der Waals surface area contributed by atoms with Gasteiger partial charge in [0.05, 0.1) is 37.4 Å². The minimum Gasteiger partial charge on any atom is -0.497 e. The number of nitrogens with zero attached hydrogens (tertiary/aromatic N) is 4. The molecule has 176 valence electrons. The van der Waals surface area contributed by atoms with Gasteiger partial charge in [0.2, 0.25) is 5.89 Å². The van der Waals surface area contributed by atoms with Gasteiger partial charge in [0, 0.05) is 6.20 Å². The van der Waals surface area contributed by atoms with Crippen molar-refractivity contribution < 1.29 is 13.9 Å². The number of hydrogen-bond donors (Lipinski definition) is 0. The Labute approximate surface area is 199 Å². The summed E-state index contributed by atoms with van der Waals surface area (Å²) in [5.74, 6) is 2.10. The molecule has 9 heteroatoms. The van der Waals surface area contributed by atoms with Crippen LogP contribution in [0.15, 0.2) is 80.9 Å². The van der Waals surface area contributed by atoms with Crippen LogP contribution < -0.4 is 20.7 Å². The van der Waals surface area contributed by atoms with Crippen molar-refractivity contribution in [3.05, 3.63) is 99.2 Å². The lowest BCUT2D eigenvalue weighted by Gasteiger charge is -2.13. The first kappa shape index (κ1) is 22.1. The molecular weight excluding hydrogens is 448 g/mol. The zero-order chi connectivity index (χ0) is 24.5. The molecular formula is C26H22N4O5. The highest BCUT2D eigenvalue weighted by Crippen LogP contribution is 2.30. The van der Waals surface area contributed by atoms with E-state index in [1.54, 1.807) is 63.7 Å². The van der Waals surface area contributed by atoms with Gasteiger partial charge in [0.15, 0.2) is 5.65 Å². The van der Waals surface area contributed by atoms with Gasteiger partial charge >= 0.3 is 5.69 Å². The van der Waals surface area contributed by atoms with Crippen molar-refractivity contribution >= 4 is 11.0 Å². The van der Waals surface area contributed by atoms with Gasteiger partial charge in [-0.25, -0.2) is 19.3 Å². The first-order valence-electron chi connectivity index (χ1n) is 10.9. The summed E-state index contributed by atoms with van der Waals surface area (Å²) in [6.45, 7) is 1.68. The van der Waals surface area contributed by atoms with Gasteiger partial charge in [0.1, 0.15) is 23.0 Å². The first-order chi connectivity index (χ1) is 17.0. The standard InChI is InChI=1S/C26H22N4O5/c1-16-21(28-24(35-16)19-7-4-5-9-22(19)34-3)15-29-25(31)20-8-6-14-27-23(20)30(26(29)32)17-10-12-18(33-2)13-11-17/h4-14H,15H2,1-3H3. The molecule has 0 amide bonds. The fraction of sp³-hybridized carbons (Fsp3) is 0.154. The van der Waals surface area contributed by atoms with Crippen LogP contribution in [0.3, 0.4) is 0 Å². The summed E-state index contributed by atoms with van der Waals surface area (Å²) < 4.78 is 19.1. The molecule has 2 aromatic carbocycles. The average molecular weight is 470 g/mol. The predicted octanol–water partition coefficient (Wildman–Crippen LogP) is 3.58. The summed E-state index contributed by atoms with van der Waals surface area (Å²) in [5, 5.41) is 0.314. The molecule has 0 saturated heterocycles. The average Bonchev–Trinajstić information content (AvgIpc) is 3.26. The van der Waals surface area contributed by atoms with Gasteiger partial charge in [-0.3, -0.25) is 9.36 Å². The molecule has 0 aliphatic heterocycles. The highest BCUT2D eigenvalue weighted by molar-refractivity contribution is 5.75. The van der Waals surface area contributed by atoms with Gasteiger partial charge in [-0.15, -0.1) is 0 Å². The summed E-state index contributed by atoms with van der Waals surface area (Å²) in [5.41, 5.74) is 0.983. The van der Waals surface area contributed by atoms with Gasteiger partial charge in [-0.1, -0.05) is 12.1 Å². The van der Waals surface area contributed by atoms with Gasteiger partial charge in [-0.05, 0) is 55.5 Å². The van der Waals surface area contributed by atoms with E-state index in [1.807, 2.05) is 24.3 Å².